The highest BCUT2D eigenvalue weighted by Gasteiger charge is 2.58. The van der Waals surface area contributed by atoms with Gasteiger partial charge in [-0.25, -0.2) is 8.42 Å². The first kappa shape index (κ1) is 10.3. The van der Waals surface area contributed by atoms with Gasteiger partial charge in [-0.15, -0.1) is 0 Å². The number of fused-ring (bicyclic) bond motifs is 1. The summed E-state index contributed by atoms with van der Waals surface area (Å²) in [7, 11) is -3.05. The largest absolute Gasteiger partial charge is 0.223 e. The minimum Gasteiger partial charge on any atom is -0.223 e. The summed E-state index contributed by atoms with van der Waals surface area (Å²) in [5, 5.41) is -0.0719. The molecule has 0 saturated heterocycles. The van der Waals surface area contributed by atoms with Crippen LogP contribution < -0.4 is 0 Å². The van der Waals surface area contributed by atoms with E-state index < -0.39 is 9.84 Å². The lowest BCUT2D eigenvalue weighted by Crippen LogP contribution is -2.10. The molecule has 0 radical (unpaired) electrons. The molecule has 2 aliphatic rings. The maximum absolute atomic E-state index is 12.4. The zero-order valence-electron chi connectivity index (χ0n) is 9.17. The molecule has 2 nitrogen and oxygen atoms in total. The first-order valence-corrected chi connectivity index (χ1v) is 7.55. The fourth-order valence-electron chi connectivity index (χ4n) is 3.15. The lowest BCUT2D eigenvalue weighted by molar-refractivity contribution is 0.480. The second-order valence-electron chi connectivity index (χ2n) is 4.93. The van der Waals surface area contributed by atoms with Gasteiger partial charge >= 0.3 is 0 Å². The molecule has 0 N–H and O–H groups in total. The monoisotopic (exact) mass is 236 g/mol. The molecular weight excluding hydrogens is 220 g/mol. The van der Waals surface area contributed by atoms with E-state index in [1.807, 2.05) is 6.07 Å². The van der Waals surface area contributed by atoms with E-state index in [0.717, 1.165) is 12.8 Å². The van der Waals surface area contributed by atoms with Gasteiger partial charge in [-0.05, 0) is 36.8 Å². The van der Waals surface area contributed by atoms with E-state index in [-0.39, 0.29) is 5.25 Å². The molecule has 0 heterocycles. The Hall–Kier alpha value is -0.830. The van der Waals surface area contributed by atoms with Crippen LogP contribution in [0.25, 0.3) is 0 Å². The van der Waals surface area contributed by atoms with Gasteiger partial charge in [0.05, 0.1) is 10.1 Å². The maximum Gasteiger partial charge on any atom is 0.181 e. The van der Waals surface area contributed by atoms with Gasteiger partial charge in [0.15, 0.2) is 9.84 Å². The number of hydrogen-bond donors (Lipinski definition) is 0. The molecular formula is C13H16O2S. The Kier molecular flexibility index (Phi) is 2.32. The van der Waals surface area contributed by atoms with Crippen LogP contribution in [0.5, 0.6) is 0 Å². The van der Waals surface area contributed by atoms with E-state index in [1.165, 1.54) is 12.8 Å². The van der Waals surface area contributed by atoms with Crippen LogP contribution in [0.3, 0.4) is 0 Å². The fourth-order valence-corrected chi connectivity index (χ4v) is 5.51. The Morgan fingerprint density at radius 1 is 0.938 bits per heavy atom. The third-order valence-electron chi connectivity index (χ3n) is 4.01. The second kappa shape index (κ2) is 3.59. The quantitative estimate of drug-likeness (QED) is 0.791. The molecule has 1 aromatic carbocycles. The summed E-state index contributed by atoms with van der Waals surface area (Å²) >= 11 is 0. The average Bonchev–Trinajstić information content (AvgIpc) is 3.05. The van der Waals surface area contributed by atoms with Crippen LogP contribution in [0.15, 0.2) is 35.2 Å². The molecule has 3 rings (SSSR count). The Morgan fingerprint density at radius 2 is 1.50 bits per heavy atom. The summed E-state index contributed by atoms with van der Waals surface area (Å²) in [6, 6.07) is 8.91. The number of hydrogen-bond acceptors (Lipinski definition) is 2. The number of benzene rings is 1. The molecule has 0 spiro atoms. The Bertz CT molecular complexity index is 466. The third-order valence-corrected chi connectivity index (χ3v) is 6.35. The smallest absolute Gasteiger partial charge is 0.181 e. The number of sulfone groups is 1. The predicted molar refractivity (Wildman–Crippen MR) is 62.9 cm³/mol. The Labute approximate surface area is 96.6 Å². The standard InChI is InChI=1S/C13H16O2S/c14-16(15,10-6-2-1-3-7-10)13-11-8-4-5-9-12(11)13/h1-3,6-7,11-13H,4-5,8-9H2. The molecule has 0 aliphatic heterocycles. The zero-order chi connectivity index (χ0) is 11.2. The van der Waals surface area contributed by atoms with Crippen molar-refractivity contribution in [3.8, 4) is 0 Å². The van der Waals surface area contributed by atoms with Crippen LogP contribution in [0.1, 0.15) is 25.7 Å². The summed E-state index contributed by atoms with van der Waals surface area (Å²) in [5.41, 5.74) is 0. The SMILES string of the molecule is O=S(=O)(c1ccccc1)C1C2CCCCC21. The summed E-state index contributed by atoms with van der Waals surface area (Å²) in [6.07, 6.45) is 4.65. The van der Waals surface area contributed by atoms with E-state index in [1.54, 1.807) is 24.3 Å². The molecule has 0 aromatic heterocycles. The van der Waals surface area contributed by atoms with Gasteiger partial charge in [0, 0.05) is 0 Å². The van der Waals surface area contributed by atoms with Crippen molar-refractivity contribution >= 4 is 9.84 Å². The highest BCUT2D eigenvalue weighted by Crippen LogP contribution is 2.55. The van der Waals surface area contributed by atoms with E-state index >= 15 is 0 Å². The first-order chi connectivity index (χ1) is 7.71. The Morgan fingerprint density at radius 3 is 2.06 bits per heavy atom. The van der Waals surface area contributed by atoms with Crippen molar-refractivity contribution in [1.82, 2.24) is 0 Å². The van der Waals surface area contributed by atoms with E-state index in [4.69, 9.17) is 0 Å². The molecule has 0 bridgehead atoms. The lowest BCUT2D eigenvalue weighted by atomic mass is 10.0. The maximum atomic E-state index is 12.4. The van der Waals surface area contributed by atoms with Crippen molar-refractivity contribution < 1.29 is 8.42 Å². The van der Waals surface area contributed by atoms with Crippen molar-refractivity contribution in [2.75, 3.05) is 0 Å². The summed E-state index contributed by atoms with van der Waals surface area (Å²) < 4.78 is 24.7. The van der Waals surface area contributed by atoms with Crippen LogP contribution in [-0.2, 0) is 9.84 Å². The van der Waals surface area contributed by atoms with Gasteiger partial charge in [0.1, 0.15) is 0 Å². The van der Waals surface area contributed by atoms with E-state index in [2.05, 4.69) is 0 Å². The molecule has 2 unspecified atom stereocenters. The highest BCUT2D eigenvalue weighted by molar-refractivity contribution is 7.92. The van der Waals surface area contributed by atoms with Gasteiger partial charge in [-0.1, -0.05) is 31.0 Å². The van der Waals surface area contributed by atoms with Gasteiger partial charge < -0.3 is 0 Å². The van der Waals surface area contributed by atoms with Crippen LogP contribution in [-0.4, -0.2) is 13.7 Å². The third kappa shape index (κ3) is 1.49. The van der Waals surface area contributed by atoms with Crippen LogP contribution in [0.4, 0.5) is 0 Å². The molecule has 2 aliphatic carbocycles. The van der Waals surface area contributed by atoms with Crippen LogP contribution in [0.2, 0.25) is 0 Å². The van der Waals surface area contributed by atoms with Gasteiger partial charge in [-0.2, -0.15) is 0 Å². The van der Waals surface area contributed by atoms with Crippen molar-refractivity contribution in [2.24, 2.45) is 11.8 Å². The zero-order valence-corrected chi connectivity index (χ0v) is 9.99. The van der Waals surface area contributed by atoms with Crippen molar-refractivity contribution in [2.45, 2.75) is 35.8 Å². The molecule has 16 heavy (non-hydrogen) atoms. The van der Waals surface area contributed by atoms with E-state index in [0.29, 0.717) is 16.7 Å². The molecule has 2 atom stereocenters. The minimum absolute atomic E-state index is 0.0719. The van der Waals surface area contributed by atoms with Crippen LogP contribution >= 0.6 is 0 Å². The molecule has 86 valence electrons. The van der Waals surface area contributed by atoms with Crippen molar-refractivity contribution in [1.29, 1.82) is 0 Å². The normalized spacial score (nSPS) is 33.1. The molecule has 2 fully saturated rings. The van der Waals surface area contributed by atoms with Gasteiger partial charge in [0.2, 0.25) is 0 Å². The molecule has 0 amide bonds. The number of rotatable bonds is 2. The molecule has 2 saturated carbocycles. The summed E-state index contributed by atoms with van der Waals surface area (Å²) in [6.45, 7) is 0. The van der Waals surface area contributed by atoms with Gasteiger partial charge in [0.25, 0.3) is 0 Å². The van der Waals surface area contributed by atoms with Crippen molar-refractivity contribution in [3.05, 3.63) is 30.3 Å². The topological polar surface area (TPSA) is 34.1 Å². The second-order valence-corrected chi connectivity index (χ2v) is 7.04. The van der Waals surface area contributed by atoms with Gasteiger partial charge in [-0.3, -0.25) is 0 Å². The fraction of sp³-hybridized carbons (Fsp3) is 0.538. The average molecular weight is 236 g/mol. The predicted octanol–water partition coefficient (Wildman–Crippen LogP) is 2.65. The van der Waals surface area contributed by atoms with Crippen LogP contribution in [0, 0.1) is 11.8 Å². The minimum atomic E-state index is -3.05. The Balaban J connectivity index is 1.90. The first-order valence-electron chi connectivity index (χ1n) is 6.00. The summed E-state index contributed by atoms with van der Waals surface area (Å²) in [4.78, 5) is 0.509. The lowest BCUT2D eigenvalue weighted by Gasteiger charge is -2.04. The molecule has 1 aromatic rings. The highest BCUT2D eigenvalue weighted by atomic mass is 32.2. The van der Waals surface area contributed by atoms with Crippen molar-refractivity contribution in [3.63, 3.8) is 0 Å². The molecule has 3 heteroatoms. The summed E-state index contributed by atoms with van der Waals surface area (Å²) in [5.74, 6) is 0.915. The van der Waals surface area contributed by atoms with E-state index in [9.17, 15) is 8.42 Å².